The lowest BCUT2D eigenvalue weighted by atomic mass is 9.90. The van der Waals surface area contributed by atoms with E-state index >= 15 is 0 Å². The van der Waals surface area contributed by atoms with E-state index in [9.17, 15) is 9.59 Å². The summed E-state index contributed by atoms with van der Waals surface area (Å²) in [7, 11) is 2.19. The minimum atomic E-state index is -0.240. The Morgan fingerprint density at radius 3 is 2.33 bits per heavy atom. The van der Waals surface area contributed by atoms with Crippen LogP contribution >= 0.6 is 0 Å². The Balaban J connectivity index is 1.82. The predicted octanol–water partition coefficient (Wildman–Crippen LogP) is 2.32. The van der Waals surface area contributed by atoms with Gasteiger partial charge in [-0.3, -0.25) is 9.59 Å². The zero-order valence-electron chi connectivity index (χ0n) is 13.8. The molecular formula is C17H30N2O2. The van der Waals surface area contributed by atoms with E-state index in [2.05, 4.69) is 11.9 Å². The number of hydrogen-bond acceptors (Lipinski definition) is 3. The van der Waals surface area contributed by atoms with Crippen molar-refractivity contribution in [2.45, 2.75) is 58.4 Å². The van der Waals surface area contributed by atoms with Gasteiger partial charge in [0, 0.05) is 18.5 Å². The third-order valence-electron chi connectivity index (χ3n) is 5.12. The van der Waals surface area contributed by atoms with Gasteiger partial charge >= 0.3 is 0 Å². The zero-order chi connectivity index (χ0) is 15.4. The molecule has 1 amide bonds. The molecule has 2 aliphatic heterocycles. The van der Waals surface area contributed by atoms with Crippen molar-refractivity contribution in [2.75, 3.05) is 26.7 Å². The van der Waals surface area contributed by atoms with Gasteiger partial charge in [0.25, 0.3) is 5.91 Å². The first-order valence-corrected chi connectivity index (χ1v) is 8.52. The molecule has 0 spiro atoms. The molecule has 0 aromatic carbocycles. The van der Waals surface area contributed by atoms with Crippen LogP contribution in [-0.4, -0.2) is 54.2 Å². The summed E-state index contributed by atoms with van der Waals surface area (Å²) in [6.07, 6.45) is 6.97. The van der Waals surface area contributed by atoms with Gasteiger partial charge in [-0.2, -0.15) is 0 Å². The highest BCUT2D eigenvalue weighted by Gasteiger charge is 2.33. The predicted molar refractivity (Wildman–Crippen MR) is 84.0 cm³/mol. The van der Waals surface area contributed by atoms with Crippen molar-refractivity contribution in [1.82, 2.24) is 9.80 Å². The Morgan fingerprint density at radius 2 is 1.71 bits per heavy atom. The fraction of sp³-hybridized carbons (Fsp3) is 0.882. The number of piperidine rings is 1. The summed E-state index contributed by atoms with van der Waals surface area (Å²) < 4.78 is 0. The first-order chi connectivity index (χ1) is 9.99. The van der Waals surface area contributed by atoms with E-state index in [0.29, 0.717) is 6.04 Å². The average molecular weight is 294 g/mol. The third kappa shape index (κ3) is 4.29. The van der Waals surface area contributed by atoms with Gasteiger partial charge in [0.2, 0.25) is 5.78 Å². The molecule has 1 atom stereocenters. The average Bonchev–Trinajstić information content (AvgIpc) is 2.93. The van der Waals surface area contributed by atoms with Gasteiger partial charge in [-0.15, -0.1) is 0 Å². The van der Waals surface area contributed by atoms with Gasteiger partial charge in [-0.1, -0.05) is 13.8 Å². The second kappa shape index (κ2) is 7.39. The maximum atomic E-state index is 12.3. The number of Topliss-reactive ketones (excluding diaryl/α,β-unsaturated/α-hetero) is 1. The summed E-state index contributed by atoms with van der Waals surface area (Å²) in [5, 5.41) is 0. The lowest BCUT2D eigenvalue weighted by molar-refractivity contribution is -0.146. The van der Waals surface area contributed by atoms with E-state index in [1.54, 1.807) is 0 Å². The van der Waals surface area contributed by atoms with Crippen LogP contribution in [0.25, 0.3) is 0 Å². The SMILES string of the molecule is CC(C)C(=O)C(=O)N1CCCC1CCC1CCN(C)CC1. The Bertz CT molecular complexity index is 373. The van der Waals surface area contributed by atoms with Crippen molar-refractivity contribution in [3.63, 3.8) is 0 Å². The first-order valence-electron chi connectivity index (χ1n) is 8.52. The molecule has 2 heterocycles. The van der Waals surface area contributed by atoms with E-state index in [4.69, 9.17) is 0 Å². The largest absolute Gasteiger partial charge is 0.333 e. The molecule has 0 aliphatic carbocycles. The molecule has 120 valence electrons. The first kappa shape index (κ1) is 16.5. The zero-order valence-corrected chi connectivity index (χ0v) is 13.8. The van der Waals surface area contributed by atoms with Gasteiger partial charge in [-0.05, 0) is 64.6 Å². The van der Waals surface area contributed by atoms with Crippen LogP contribution in [-0.2, 0) is 9.59 Å². The normalized spacial score (nSPS) is 24.8. The van der Waals surface area contributed by atoms with Gasteiger partial charge in [-0.25, -0.2) is 0 Å². The molecular weight excluding hydrogens is 264 g/mol. The molecule has 0 radical (unpaired) electrons. The van der Waals surface area contributed by atoms with Gasteiger partial charge in [0.1, 0.15) is 0 Å². The van der Waals surface area contributed by atoms with E-state index in [1.807, 2.05) is 18.7 Å². The minimum Gasteiger partial charge on any atom is -0.333 e. The topological polar surface area (TPSA) is 40.6 Å². The third-order valence-corrected chi connectivity index (χ3v) is 5.12. The number of likely N-dealkylation sites (tertiary alicyclic amines) is 2. The second-order valence-electron chi connectivity index (χ2n) is 7.14. The molecule has 0 aromatic heterocycles. The fourth-order valence-electron chi connectivity index (χ4n) is 3.57. The summed E-state index contributed by atoms with van der Waals surface area (Å²) in [5.41, 5.74) is 0. The lowest BCUT2D eigenvalue weighted by Gasteiger charge is -2.31. The highest BCUT2D eigenvalue weighted by molar-refractivity contribution is 6.36. The van der Waals surface area contributed by atoms with Crippen LogP contribution in [0.5, 0.6) is 0 Å². The summed E-state index contributed by atoms with van der Waals surface area (Å²) in [5.74, 6) is 0.157. The molecule has 2 saturated heterocycles. The summed E-state index contributed by atoms with van der Waals surface area (Å²) >= 11 is 0. The molecule has 2 aliphatic rings. The van der Waals surface area contributed by atoms with E-state index in [-0.39, 0.29) is 17.6 Å². The van der Waals surface area contributed by atoms with Crippen molar-refractivity contribution >= 4 is 11.7 Å². The summed E-state index contributed by atoms with van der Waals surface area (Å²) in [6, 6.07) is 0.305. The Morgan fingerprint density at radius 1 is 1.05 bits per heavy atom. The fourth-order valence-corrected chi connectivity index (χ4v) is 3.57. The standard InChI is InChI=1S/C17H30N2O2/c1-13(2)16(20)17(21)19-10-4-5-15(19)7-6-14-8-11-18(3)12-9-14/h13-15H,4-12H2,1-3H3. The van der Waals surface area contributed by atoms with Crippen molar-refractivity contribution in [2.24, 2.45) is 11.8 Å². The molecule has 4 heteroatoms. The highest BCUT2D eigenvalue weighted by atomic mass is 16.2. The molecule has 2 rings (SSSR count). The summed E-state index contributed by atoms with van der Waals surface area (Å²) in [6.45, 7) is 6.79. The number of carbonyl (C=O) groups is 2. The maximum absolute atomic E-state index is 12.3. The Hall–Kier alpha value is -0.900. The minimum absolute atomic E-state index is 0.187. The number of ketones is 1. The van der Waals surface area contributed by atoms with Crippen molar-refractivity contribution < 1.29 is 9.59 Å². The van der Waals surface area contributed by atoms with Crippen LogP contribution in [0.2, 0.25) is 0 Å². The number of nitrogens with zero attached hydrogens (tertiary/aromatic N) is 2. The van der Waals surface area contributed by atoms with Crippen LogP contribution in [0.3, 0.4) is 0 Å². The van der Waals surface area contributed by atoms with Gasteiger partial charge < -0.3 is 9.80 Å². The van der Waals surface area contributed by atoms with E-state index < -0.39 is 0 Å². The molecule has 2 fully saturated rings. The molecule has 1 unspecified atom stereocenters. The van der Waals surface area contributed by atoms with Crippen molar-refractivity contribution in [1.29, 1.82) is 0 Å². The van der Waals surface area contributed by atoms with Crippen LogP contribution in [0.4, 0.5) is 0 Å². The van der Waals surface area contributed by atoms with Crippen molar-refractivity contribution in [3.05, 3.63) is 0 Å². The molecule has 21 heavy (non-hydrogen) atoms. The molecule has 0 bridgehead atoms. The van der Waals surface area contributed by atoms with Crippen LogP contribution in [0.15, 0.2) is 0 Å². The van der Waals surface area contributed by atoms with Crippen molar-refractivity contribution in [3.8, 4) is 0 Å². The Labute approximate surface area is 128 Å². The lowest BCUT2D eigenvalue weighted by Crippen LogP contribution is -2.42. The molecule has 4 nitrogen and oxygen atoms in total. The number of rotatable bonds is 5. The van der Waals surface area contributed by atoms with E-state index in [0.717, 1.165) is 31.7 Å². The van der Waals surface area contributed by atoms with Gasteiger partial charge in [0.05, 0.1) is 0 Å². The maximum Gasteiger partial charge on any atom is 0.290 e. The number of hydrogen-bond donors (Lipinski definition) is 0. The Kier molecular flexibility index (Phi) is 5.80. The monoisotopic (exact) mass is 294 g/mol. The van der Waals surface area contributed by atoms with Gasteiger partial charge in [0.15, 0.2) is 0 Å². The molecule has 0 N–H and O–H groups in total. The van der Waals surface area contributed by atoms with Crippen LogP contribution in [0, 0.1) is 11.8 Å². The molecule has 0 aromatic rings. The number of carbonyl (C=O) groups excluding carboxylic acids is 2. The van der Waals surface area contributed by atoms with Crippen LogP contribution in [0.1, 0.15) is 52.4 Å². The molecule has 0 saturated carbocycles. The van der Waals surface area contributed by atoms with Crippen LogP contribution < -0.4 is 0 Å². The van der Waals surface area contributed by atoms with E-state index in [1.165, 1.54) is 32.4 Å². The number of amides is 1. The smallest absolute Gasteiger partial charge is 0.290 e. The summed E-state index contributed by atoms with van der Waals surface area (Å²) in [4.78, 5) is 28.4. The quantitative estimate of drug-likeness (QED) is 0.731. The second-order valence-corrected chi connectivity index (χ2v) is 7.14. The highest BCUT2D eigenvalue weighted by Crippen LogP contribution is 2.27.